The zero-order valence-corrected chi connectivity index (χ0v) is 14.5. The molecule has 0 unspecified atom stereocenters. The number of esters is 1. The van der Waals surface area contributed by atoms with E-state index in [9.17, 15) is 17.6 Å². The van der Waals surface area contributed by atoms with Crippen LogP contribution in [0.25, 0.3) is 0 Å². The van der Waals surface area contributed by atoms with E-state index in [4.69, 9.17) is 16.3 Å². The average molecular weight is 373 g/mol. The van der Waals surface area contributed by atoms with Crippen LogP contribution in [0.1, 0.15) is 23.0 Å². The van der Waals surface area contributed by atoms with Crippen molar-refractivity contribution in [3.05, 3.63) is 52.6 Å². The molecule has 0 spiro atoms. The number of aromatic nitrogens is 1. The number of halogens is 2. The van der Waals surface area contributed by atoms with Crippen molar-refractivity contribution < 1.29 is 22.3 Å². The van der Waals surface area contributed by atoms with Crippen LogP contribution in [0.4, 0.5) is 15.8 Å². The number of carbonyl (C=O) groups is 1. The summed E-state index contributed by atoms with van der Waals surface area (Å²) < 4.78 is 43.1. The molecule has 0 saturated heterocycles. The molecule has 9 heteroatoms. The Bertz CT molecular complexity index is 849. The molecule has 24 heavy (non-hydrogen) atoms. The summed E-state index contributed by atoms with van der Waals surface area (Å²) in [6.07, 6.45) is 0. The lowest BCUT2D eigenvalue weighted by Gasteiger charge is -2.19. The number of ether oxygens (including phenoxy) is 1. The number of benzene rings is 1. The predicted octanol–water partition coefficient (Wildman–Crippen LogP) is 3.02. The van der Waals surface area contributed by atoms with Gasteiger partial charge in [0, 0.05) is 5.69 Å². The van der Waals surface area contributed by atoms with E-state index in [-0.39, 0.29) is 28.7 Å². The van der Waals surface area contributed by atoms with Crippen LogP contribution in [0.15, 0.2) is 30.3 Å². The van der Waals surface area contributed by atoms with Crippen molar-refractivity contribution in [2.75, 3.05) is 10.9 Å². The van der Waals surface area contributed by atoms with Crippen LogP contribution in [-0.2, 0) is 15.6 Å². The summed E-state index contributed by atoms with van der Waals surface area (Å²) in [5.74, 6) is -1.60. The highest BCUT2D eigenvalue weighted by Gasteiger charge is 2.21. The van der Waals surface area contributed by atoms with Gasteiger partial charge in [-0.15, -0.1) is 0 Å². The van der Waals surface area contributed by atoms with Crippen molar-refractivity contribution in [1.82, 2.24) is 4.98 Å². The molecule has 0 radical (unpaired) electrons. The Hall–Kier alpha value is -2.19. The van der Waals surface area contributed by atoms with Crippen LogP contribution in [0, 0.1) is 12.7 Å². The first-order valence-electron chi connectivity index (χ1n) is 6.89. The van der Waals surface area contributed by atoms with Gasteiger partial charge in [0.2, 0.25) is 10.9 Å². The van der Waals surface area contributed by atoms with Gasteiger partial charge in [0.25, 0.3) is 0 Å². The normalized spacial score (nSPS) is 10.7. The monoisotopic (exact) mass is 372 g/mol. The Morgan fingerprint density at radius 2 is 1.96 bits per heavy atom. The van der Waals surface area contributed by atoms with E-state index in [1.54, 1.807) is 19.9 Å². The van der Waals surface area contributed by atoms with Gasteiger partial charge in [-0.1, -0.05) is 11.6 Å². The molecule has 0 aliphatic heterocycles. The standard InChI is InChI=1S/C15H14ClFN2O4S/c1-3-23-15(20)10-5-7-12(11(17)8-10)19(24(21)22)13-6-4-9(2)18-14(13)16/h4-8,24H,3H2,1-2H3. The Kier molecular flexibility index (Phi) is 5.74. The second kappa shape index (κ2) is 7.59. The van der Waals surface area contributed by atoms with Gasteiger partial charge >= 0.3 is 5.97 Å². The van der Waals surface area contributed by atoms with Crippen LogP contribution in [0.3, 0.4) is 0 Å². The molecular weight excluding hydrogens is 359 g/mol. The fourth-order valence-electron chi connectivity index (χ4n) is 2.00. The number of aryl methyl sites for hydroxylation is 1. The lowest BCUT2D eigenvalue weighted by molar-refractivity contribution is 0.0526. The molecule has 2 aromatic rings. The van der Waals surface area contributed by atoms with Crippen molar-refractivity contribution in [3.63, 3.8) is 0 Å². The molecule has 128 valence electrons. The summed E-state index contributed by atoms with van der Waals surface area (Å²) in [4.78, 5) is 15.6. The number of anilines is 2. The molecule has 0 aliphatic rings. The van der Waals surface area contributed by atoms with Gasteiger partial charge in [-0.05, 0) is 44.2 Å². The fraction of sp³-hybridized carbons (Fsp3) is 0.200. The van der Waals surface area contributed by atoms with Crippen LogP contribution in [-0.4, -0.2) is 26.0 Å². The number of hydrogen-bond acceptors (Lipinski definition) is 5. The van der Waals surface area contributed by atoms with E-state index in [0.29, 0.717) is 10.00 Å². The van der Waals surface area contributed by atoms with Crippen molar-refractivity contribution >= 4 is 39.8 Å². The number of pyridine rings is 1. The summed E-state index contributed by atoms with van der Waals surface area (Å²) in [5, 5.41) is -0.0805. The lowest BCUT2D eigenvalue weighted by Crippen LogP contribution is -2.17. The van der Waals surface area contributed by atoms with Gasteiger partial charge in [-0.25, -0.2) is 26.9 Å². The van der Waals surface area contributed by atoms with Crippen molar-refractivity contribution in [2.24, 2.45) is 0 Å². The molecule has 0 bridgehead atoms. The first kappa shape index (κ1) is 18.2. The smallest absolute Gasteiger partial charge is 0.338 e. The Labute approximate surface area is 144 Å². The van der Waals surface area contributed by atoms with E-state index >= 15 is 0 Å². The summed E-state index contributed by atoms with van der Waals surface area (Å²) in [6, 6.07) is 6.34. The quantitative estimate of drug-likeness (QED) is 0.496. The zero-order chi connectivity index (χ0) is 17.9. The zero-order valence-electron chi connectivity index (χ0n) is 12.8. The predicted molar refractivity (Wildman–Crippen MR) is 88.8 cm³/mol. The maximum Gasteiger partial charge on any atom is 0.338 e. The second-order valence-electron chi connectivity index (χ2n) is 4.70. The maximum atomic E-state index is 14.4. The Morgan fingerprint density at radius 3 is 2.50 bits per heavy atom. The van der Waals surface area contributed by atoms with Gasteiger partial charge in [0.15, 0.2) is 5.15 Å². The molecule has 0 N–H and O–H groups in total. The first-order chi connectivity index (χ1) is 11.3. The van der Waals surface area contributed by atoms with Crippen LogP contribution in [0.5, 0.6) is 0 Å². The molecule has 0 aliphatic carbocycles. The van der Waals surface area contributed by atoms with E-state index in [1.807, 2.05) is 0 Å². The number of hydrogen-bond donors (Lipinski definition) is 1. The Morgan fingerprint density at radius 1 is 1.29 bits per heavy atom. The van der Waals surface area contributed by atoms with Crippen molar-refractivity contribution in [2.45, 2.75) is 13.8 Å². The van der Waals surface area contributed by atoms with E-state index in [1.165, 1.54) is 18.2 Å². The molecule has 2 rings (SSSR count). The van der Waals surface area contributed by atoms with Gasteiger partial charge in [-0.2, -0.15) is 0 Å². The third-order valence-electron chi connectivity index (χ3n) is 3.05. The van der Waals surface area contributed by atoms with Gasteiger partial charge < -0.3 is 4.74 Å². The van der Waals surface area contributed by atoms with Crippen LogP contribution in [0.2, 0.25) is 5.15 Å². The highest BCUT2D eigenvalue weighted by Crippen LogP contribution is 2.33. The van der Waals surface area contributed by atoms with Crippen LogP contribution >= 0.6 is 11.6 Å². The Balaban J connectivity index is 2.51. The molecule has 0 fully saturated rings. The second-order valence-corrected chi connectivity index (χ2v) is 5.93. The van der Waals surface area contributed by atoms with E-state index in [0.717, 1.165) is 6.07 Å². The molecular formula is C15H14ClFN2O4S. The van der Waals surface area contributed by atoms with Gasteiger partial charge in [0.1, 0.15) is 5.82 Å². The van der Waals surface area contributed by atoms with E-state index in [2.05, 4.69) is 4.98 Å². The van der Waals surface area contributed by atoms with Crippen molar-refractivity contribution in [3.8, 4) is 0 Å². The highest BCUT2D eigenvalue weighted by molar-refractivity contribution is 7.74. The maximum absolute atomic E-state index is 14.4. The summed E-state index contributed by atoms with van der Waals surface area (Å²) >= 11 is 5.98. The third-order valence-corrected chi connectivity index (χ3v) is 4.08. The minimum atomic E-state index is -3.24. The molecule has 1 heterocycles. The molecule has 0 atom stereocenters. The highest BCUT2D eigenvalue weighted by atomic mass is 35.5. The lowest BCUT2D eigenvalue weighted by atomic mass is 10.2. The van der Waals surface area contributed by atoms with E-state index < -0.39 is 22.7 Å². The first-order valence-corrected chi connectivity index (χ1v) is 8.40. The molecule has 0 saturated carbocycles. The number of carbonyl (C=O) groups excluding carboxylic acids is 1. The van der Waals surface area contributed by atoms with Crippen LogP contribution < -0.4 is 4.31 Å². The van der Waals surface area contributed by atoms with Gasteiger partial charge in [-0.3, -0.25) is 0 Å². The number of nitrogens with zero attached hydrogens (tertiary/aromatic N) is 2. The number of rotatable bonds is 5. The third kappa shape index (κ3) is 3.82. The summed E-state index contributed by atoms with van der Waals surface area (Å²) in [7, 11) is -3.24. The summed E-state index contributed by atoms with van der Waals surface area (Å²) in [6.45, 7) is 3.45. The number of thiol groups is 1. The SMILES string of the molecule is CCOC(=O)c1ccc(N(c2ccc(C)nc2Cl)[SH](=O)=O)c(F)c1. The fourth-order valence-corrected chi connectivity index (χ4v) is 3.02. The topological polar surface area (TPSA) is 76.6 Å². The minimum Gasteiger partial charge on any atom is -0.462 e. The minimum absolute atomic E-state index is 0.0150. The molecule has 6 nitrogen and oxygen atoms in total. The largest absolute Gasteiger partial charge is 0.462 e. The molecule has 1 aromatic heterocycles. The van der Waals surface area contributed by atoms with Crippen molar-refractivity contribution in [1.29, 1.82) is 0 Å². The summed E-state index contributed by atoms with van der Waals surface area (Å²) in [5.41, 5.74) is 0.308. The molecule has 0 amide bonds. The average Bonchev–Trinajstić information content (AvgIpc) is 2.51. The van der Waals surface area contributed by atoms with Gasteiger partial charge in [0.05, 0.1) is 23.5 Å². The molecule has 1 aromatic carbocycles.